The molecular formula is C30H22N6S. The number of nitrogens with one attached hydrogen (secondary N) is 3. The van der Waals surface area contributed by atoms with Crippen molar-refractivity contribution in [3.63, 3.8) is 0 Å². The van der Waals surface area contributed by atoms with E-state index in [1.807, 2.05) is 12.1 Å². The van der Waals surface area contributed by atoms with E-state index in [0.29, 0.717) is 0 Å². The number of aromatic nitrogens is 5. The SMILES string of the molecule is c1cncc(Nc2nnc(-c3ccc(C(c4c[nH]c5ccccc45)c4c[nH]c5ccccc45)cc3)s2)c1. The molecule has 7 rings (SSSR count). The van der Waals surface area contributed by atoms with Gasteiger partial charge in [0.25, 0.3) is 0 Å². The number of H-pyrrole nitrogens is 2. The van der Waals surface area contributed by atoms with Crippen LogP contribution in [0.5, 0.6) is 0 Å². The first kappa shape index (κ1) is 21.5. The van der Waals surface area contributed by atoms with Crippen molar-refractivity contribution in [1.82, 2.24) is 25.1 Å². The molecule has 0 amide bonds. The summed E-state index contributed by atoms with van der Waals surface area (Å²) in [7, 11) is 0. The quantitative estimate of drug-likeness (QED) is 0.222. The Kier molecular flexibility index (Phi) is 5.26. The molecule has 0 saturated heterocycles. The van der Waals surface area contributed by atoms with Crippen molar-refractivity contribution in [3.8, 4) is 10.6 Å². The molecule has 6 nitrogen and oxygen atoms in total. The van der Waals surface area contributed by atoms with Crippen molar-refractivity contribution >= 4 is 44.0 Å². The third-order valence-corrected chi connectivity index (χ3v) is 7.58. The Morgan fingerprint density at radius 1 is 0.703 bits per heavy atom. The Morgan fingerprint density at radius 2 is 1.38 bits per heavy atom. The van der Waals surface area contributed by atoms with E-state index in [9.17, 15) is 0 Å². The summed E-state index contributed by atoms with van der Waals surface area (Å²) in [6.45, 7) is 0. The molecule has 4 aromatic heterocycles. The molecule has 0 aliphatic rings. The molecule has 0 saturated carbocycles. The van der Waals surface area contributed by atoms with Crippen LogP contribution in [0.15, 0.2) is 110 Å². The zero-order valence-corrected chi connectivity index (χ0v) is 20.5. The van der Waals surface area contributed by atoms with Crippen LogP contribution in [-0.2, 0) is 0 Å². The van der Waals surface area contributed by atoms with Gasteiger partial charge in [-0.25, -0.2) is 0 Å². The molecule has 7 aromatic rings. The number of fused-ring (bicyclic) bond motifs is 2. The van der Waals surface area contributed by atoms with Crippen molar-refractivity contribution in [2.45, 2.75) is 5.92 Å². The van der Waals surface area contributed by atoms with E-state index in [1.54, 1.807) is 12.4 Å². The van der Waals surface area contributed by atoms with Gasteiger partial charge in [0.1, 0.15) is 5.01 Å². The molecule has 3 aromatic carbocycles. The first-order valence-electron chi connectivity index (χ1n) is 12.1. The van der Waals surface area contributed by atoms with E-state index in [4.69, 9.17) is 0 Å². The number of hydrogen-bond acceptors (Lipinski definition) is 5. The second-order valence-electron chi connectivity index (χ2n) is 8.91. The van der Waals surface area contributed by atoms with Crippen LogP contribution in [0, 0.1) is 0 Å². The van der Waals surface area contributed by atoms with Crippen LogP contribution in [0.1, 0.15) is 22.6 Å². The van der Waals surface area contributed by atoms with E-state index in [-0.39, 0.29) is 5.92 Å². The van der Waals surface area contributed by atoms with E-state index < -0.39 is 0 Å². The number of pyridine rings is 1. The topological polar surface area (TPSA) is 82.3 Å². The van der Waals surface area contributed by atoms with E-state index in [1.165, 1.54) is 38.8 Å². The maximum absolute atomic E-state index is 4.41. The molecule has 0 spiro atoms. The van der Waals surface area contributed by atoms with Crippen LogP contribution in [0.2, 0.25) is 0 Å². The zero-order chi connectivity index (χ0) is 24.6. The minimum absolute atomic E-state index is 0.0681. The van der Waals surface area contributed by atoms with Crippen LogP contribution in [0.25, 0.3) is 32.4 Å². The molecule has 178 valence electrons. The number of nitrogens with zero attached hydrogens (tertiary/aromatic N) is 3. The average molecular weight is 499 g/mol. The first-order valence-corrected chi connectivity index (χ1v) is 12.9. The smallest absolute Gasteiger partial charge is 0.210 e. The molecule has 0 aliphatic carbocycles. The highest BCUT2D eigenvalue weighted by molar-refractivity contribution is 7.18. The highest BCUT2D eigenvalue weighted by Gasteiger charge is 2.23. The van der Waals surface area contributed by atoms with Crippen LogP contribution in [0.3, 0.4) is 0 Å². The van der Waals surface area contributed by atoms with Gasteiger partial charge in [0.2, 0.25) is 5.13 Å². The van der Waals surface area contributed by atoms with Gasteiger partial charge in [-0.1, -0.05) is 72.0 Å². The predicted molar refractivity (Wildman–Crippen MR) is 150 cm³/mol. The average Bonchev–Trinajstić information content (AvgIpc) is 3.70. The highest BCUT2D eigenvalue weighted by atomic mass is 32.1. The Labute approximate surface area is 217 Å². The normalized spacial score (nSPS) is 11.5. The van der Waals surface area contributed by atoms with Gasteiger partial charge < -0.3 is 15.3 Å². The van der Waals surface area contributed by atoms with Gasteiger partial charge in [0.15, 0.2) is 0 Å². The number of benzene rings is 3. The van der Waals surface area contributed by atoms with E-state index in [0.717, 1.165) is 32.4 Å². The Bertz CT molecular complexity index is 1740. The molecular weight excluding hydrogens is 476 g/mol. The zero-order valence-electron chi connectivity index (χ0n) is 19.7. The van der Waals surface area contributed by atoms with Crippen LogP contribution in [0.4, 0.5) is 10.8 Å². The third-order valence-electron chi connectivity index (χ3n) is 6.69. The summed E-state index contributed by atoms with van der Waals surface area (Å²) >= 11 is 1.52. The lowest BCUT2D eigenvalue weighted by Gasteiger charge is -2.18. The minimum atomic E-state index is 0.0681. The van der Waals surface area contributed by atoms with Crippen LogP contribution >= 0.6 is 11.3 Å². The van der Waals surface area contributed by atoms with E-state index in [2.05, 4.69) is 116 Å². The molecule has 0 radical (unpaired) electrons. The summed E-state index contributed by atoms with van der Waals surface area (Å²) < 4.78 is 0. The second kappa shape index (κ2) is 9.04. The number of para-hydroxylation sites is 2. The highest BCUT2D eigenvalue weighted by Crippen LogP contribution is 2.40. The molecule has 0 unspecified atom stereocenters. The summed E-state index contributed by atoms with van der Waals surface area (Å²) in [6, 6.07) is 29.5. The van der Waals surface area contributed by atoms with Gasteiger partial charge >= 0.3 is 0 Å². The van der Waals surface area contributed by atoms with Crippen molar-refractivity contribution in [2.24, 2.45) is 0 Å². The second-order valence-corrected chi connectivity index (χ2v) is 9.89. The number of hydrogen-bond donors (Lipinski definition) is 3. The number of anilines is 2. The van der Waals surface area contributed by atoms with Gasteiger partial charge in [-0.2, -0.15) is 0 Å². The standard InChI is InChI=1S/C30H22N6S/c1-3-9-26-22(7-1)24(17-32-26)28(25-18-33-27-10-4-2-8-23(25)27)19-11-13-20(14-12-19)29-35-36-30(37-29)34-21-6-5-15-31-16-21/h1-18,28,32-33H,(H,34,36). The first-order chi connectivity index (χ1) is 18.3. The summed E-state index contributed by atoms with van der Waals surface area (Å²) in [6.07, 6.45) is 7.81. The predicted octanol–water partition coefficient (Wildman–Crippen LogP) is 7.49. The number of rotatable bonds is 6. The Hall–Kier alpha value is -4.75. The molecule has 3 N–H and O–H groups in total. The fourth-order valence-corrected chi connectivity index (χ4v) is 5.73. The molecule has 0 fully saturated rings. The molecule has 7 heteroatoms. The van der Waals surface area contributed by atoms with Gasteiger partial charge in [-0.3, -0.25) is 4.98 Å². The maximum Gasteiger partial charge on any atom is 0.210 e. The fourth-order valence-electron chi connectivity index (χ4n) is 4.96. The molecule has 37 heavy (non-hydrogen) atoms. The van der Waals surface area contributed by atoms with Crippen molar-refractivity contribution in [2.75, 3.05) is 5.32 Å². The van der Waals surface area contributed by atoms with Gasteiger partial charge in [0, 0.05) is 51.9 Å². The van der Waals surface area contributed by atoms with Gasteiger partial charge in [-0.05, 0) is 41.0 Å². The third kappa shape index (κ3) is 3.95. The lowest BCUT2D eigenvalue weighted by Crippen LogP contribution is -2.02. The van der Waals surface area contributed by atoms with Gasteiger partial charge in [0.05, 0.1) is 11.9 Å². The van der Waals surface area contributed by atoms with Crippen molar-refractivity contribution in [1.29, 1.82) is 0 Å². The van der Waals surface area contributed by atoms with Crippen molar-refractivity contribution in [3.05, 3.63) is 126 Å². The minimum Gasteiger partial charge on any atom is -0.361 e. The monoisotopic (exact) mass is 498 g/mol. The van der Waals surface area contributed by atoms with Gasteiger partial charge in [-0.15, -0.1) is 10.2 Å². The molecule has 4 heterocycles. The lowest BCUT2D eigenvalue weighted by molar-refractivity contribution is 0.998. The van der Waals surface area contributed by atoms with E-state index >= 15 is 0 Å². The lowest BCUT2D eigenvalue weighted by atomic mass is 9.84. The fraction of sp³-hybridized carbons (Fsp3) is 0.0333. The molecule has 0 aliphatic heterocycles. The molecule has 0 atom stereocenters. The summed E-state index contributed by atoms with van der Waals surface area (Å²) in [5.74, 6) is 0.0681. The Balaban J connectivity index is 1.28. The Morgan fingerprint density at radius 3 is 2.03 bits per heavy atom. The van der Waals surface area contributed by atoms with Crippen molar-refractivity contribution < 1.29 is 0 Å². The van der Waals surface area contributed by atoms with Crippen LogP contribution in [-0.4, -0.2) is 25.1 Å². The summed E-state index contributed by atoms with van der Waals surface area (Å²) in [4.78, 5) is 11.1. The maximum atomic E-state index is 4.41. The summed E-state index contributed by atoms with van der Waals surface area (Å²) in [5, 5.41) is 16.1. The molecule has 0 bridgehead atoms. The van der Waals surface area contributed by atoms with Crippen LogP contribution < -0.4 is 5.32 Å². The largest absolute Gasteiger partial charge is 0.361 e. The number of aromatic amines is 2. The summed E-state index contributed by atoms with van der Waals surface area (Å²) in [5.41, 5.74) is 7.94.